The first kappa shape index (κ1) is 16.2. The summed E-state index contributed by atoms with van der Waals surface area (Å²) in [6.07, 6.45) is 0.672. The van der Waals surface area contributed by atoms with Crippen LogP contribution in [0.4, 0.5) is 0 Å². The first-order valence-electron chi connectivity index (χ1n) is 7.03. The van der Waals surface area contributed by atoms with Crippen molar-refractivity contribution in [2.24, 2.45) is 5.73 Å². The predicted molar refractivity (Wildman–Crippen MR) is 82.5 cm³/mol. The summed E-state index contributed by atoms with van der Waals surface area (Å²) < 4.78 is 0. The molecule has 108 valence electrons. The highest BCUT2D eigenvalue weighted by Crippen LogP contribution is 2.37. The molecule has 2 heteroatoms. The minimum atomic E-state index is -0.376. The molecule has 1 unspecified atom stereocenters. The topological polar surface area (TPSA) is 46.2 Å². The summed E-state index contributed by atoms with van der Waals surface area (Å²) in [6, 6.07) is 8.67. The highest BCUT2D eigenvalue weighted by atomic mass is 16.3. The monoisotopic (exact) mass is 263 g/mol. The van der Waals surface area contributed by atoms with Gasteiger partial charge in [0.1, 0.15) is 0 Å². The highest BCUT2D eigenvalue weighted by molar-refractivity contribution is 5.34. The van der Waals surface area contributed by atoms with Crippen LogP contribution in [0, 0.1) is 0 Å². The molecule has 0 bridgehead atoms. The van der Waals surface area contributed by atoms with Gasteiger partial charge in [0.25, 0.3) is 0 Å². The molecule has 0 spiro atoms. The molecule has 0 saturated heterocycles. The third-order valence-corrected chi connectivity index (χ3v) is 4.42. The minimum Gasteiger partial charge on any atom is -0.396 e. The van der Waals surface area contributed by atoms with E-state index >= 15 is 0 Å². The number of hydrogen-bond donors (Lipinski definition) is 2. The van der Waals surface area contributed by atoms with Gasteiger partial charge in [0.2, 0.25) is 0 Å². The van der Waals surface area contributed by atoms with E-state index in [-0.39, 0.29) is 23.0 Å². The van der Waals surface area contributed by atoms with Gasteiger partial charge in [0, 0.05) is 17.6 Å². The average Bonchev–Trinajstić information content (AvgIpc) is 2.27. The second-order valence-electron chi connectivity index (χ2n) is 7.35. The zero-order valence-electron chi connectivity index (χ0n) is 13.2. The Morgan fingerprint density at radius 3 is 1.63 bits per heavy atom. The van der Waals surface area contributed by atoms with Gasteiger partial charge in [-0.2, -0.15) is 0 Å². The molecular formula is C17H29NO. The van der Waals surface area contributed by atoms with Crippen LogP contribution < -0.4 is 5.73 Å². The van der Waals surface area contributed by atoms with E-state index in [1.54, 1.807) is 0 Å². The van der Waals surface area contributed by atoms with Crippen molar-refractivity contribution in [2.75, 3.05) is 6.61 Å². The lowest BCUT2D eigenvalue weighted by molar-refractivity contribution is 0.190. The zero-order valence-corrected chi connectivity index (χ0v) is 13.2. The van der Waals surface area contributed by atoms with Crippen LogP contribution in [-0.2, 0) is 10.8 Å². The van der Waals surface area contributed by atoms with Gasteiger partial charge in [0.15, 0.2) is 0 Å². The van der Waals surface area contributed by atoms with Crippen molar-refractivity contribution < 1.29 is 5.11 Å². The van der Waals surface area contributed by atoms with Gasteiger partial charge in [-0.3, -0.25) is 0 Å². The van der Waals surface area contributed by atoms with E-state index in [0.717, 1.165) is 0 Å². The quantitative estimate of drug-likeness (QED) is 0.875. The Morgan fingerprint density at radius 2 is 1.32 bits per heavy atom. The van der Waals surface area contributed by atoms with Crippen LogP contribution in [0.5, 0.6) is 0 Å². The maximum Gasteiger partial charge on any atom is 0.0440 e. The smallest absolute Gasteiger partial charge is 0.0440 e. The standard InChI is InChI=1S/C17H29NO/c1-15(2,3)13-7-9-14(10-8-13)17(6,11-12-19)16(4,5)18/h7-10,19H,11-12,18H2,1-6H3. The largest absolute Gasteiger partial charge is 0.396 e. The van der Waals surface area contributed by atoms with Crippen LogP contribution in [0.3, 0.4) is 0 Å². The summed E-state index contributed by atoms with van der Waals surface area (Å²) >= 11 is 0. The van der Waals surface area contributed by atoms with Crippen molar-refractivity contribution in [3.8, 4) is 0 Å². The third kappa shape index (κ3) is 3.37. The summed E-state index contributed by atoms with van der Waals surface area (Å²) in [7, 11) is 0. The predicted octanol–water partition coefficient (Wildman–Crippen LogP) is 3.36. The summed E-state index contributed by atoms with van der Waals surface area (Å²) in [6.45, 7) is 13.0. The summed E-state index contributed by atoms with van der Waals surface area (Å²) in [5, 5.41) is 9.35. The Hall–Kier alpha value is -0.860. The molecule has 19 heavy (non-hydrogen) atoms. The van der Waals surface area contributed by atoms with E-state index in [1.165, 1.54) is 11.1 Å². The molecule has 0 aromatic heterocycles. The second-order valence-corrected chi connectivity index (χ2v) is 7.35. The molecule has 0 amide bonds. The zero-order chi connectivity index (χ0) is 14.9. The van der Waals surface area contributed by atoms with Crippen LogP contribution in [0.2, 0.25) is 0 Å². The molecule has 1 rings (SSSR count). The van der Waals surface area contributed by atoms with Crippen LogP contribution in [0.15, 0.2) is 24.3 Å². The fraction of sp³-hybridized carbons (Fsp3) is 0.647. The van der Waals surface area contributed by atoms with Gasteiger partial charge in [-0.05, 0) is 36.8 Å². The second kappa shape index (κ2) is 5.26. The van der Waals surface area contributed by atoms with E-state index < -0.39 is 0 Å². The number of hydrogen-bond acceptors (Lipinski definition) is 2. The molecule has 0 radical (unpaired) electrons. The van der Waals surface area contributed by atoms with E-state index in [0.29, 0.717) is 6.42 Å². The lowest BCUT2D eigenvalue weighted by Gasteiger charge is -2.42. The molecule has 0 aliphatic rings. The van der Waals surface area contributed by atoms with E-state index in [1.807, 2.05) is 13.8 Å². The molecule has 0 aliphatic carbocycles. The van der Waals surface area contributed by atoms with Gasteiger partial charge in [0.05, 0.1) is 0 Å². The molecule has 0 fully saturated rings. The molecule has 0 aliphatic heterocycles. The van der Waals surface area contributed by atoms with Crippen molar-refractivity contribution in [1.82, 2.24) is 0 Å². The van der Waals surface area contributed by atoms with Crippen molar-refractivity contribution in [2.45, 2.75) is 64.3 Å². The molecule has 2 nitrogen and oxygen atoms in total. The molecule has 0 saturated carbocycles. The third-order valence-electron chi connectivity index (χ3n) is 4.42. The van der Waals surface area contributed by atoms with Crippen LogP contribution in [0.1, 0.15) is 59.1 Å². The van der Waals surface area contributed by atoms with Crippen LogP contribution >= 0.6 is 0 Å². The highest BCUT2D eigenvalue weighted by Gasteiger charge is 2.39. The van der Waals surface area contributed by atoms with Crippen molar-refractivity contribution in [3.05, 3.63) is 35.4 Å². The number of rotatable bonds is 4. The van der Waals surface area contributed by atoms with Gasteiger partial charge in [-0.15, -0.1) is 0 Å². The van der Waals surface area contributed by atoms with Gasteiger partial charge in [-0.25, -0.2) is 0 Å². The molecule has 1 atom stereocenters. The Kier molecular flexibility index (Phi) is 4.48. The number of aliphatic hydroxyl groups excluding tert-OH is 1. The molecule has 1 aromatic carbocycles. The molecule has 1 aromatic rings. The van der Waals surface area contributed by atoms with Crippen LogP contribution in [0.25, 0.3) is 0 Å². The first-order valence-corrected chi connectivity index (χ1v) is 7.03. The minimum absolute atomic E-state index is 0.151. The Labute approximate surface area is 118 Å². The van der Waals surface area contributed by atoms with Gasteiger partial charge >= 0.3 is 0 Å². The van der Waals surface area contributed by atoms with E-state index in [9.17, 15) is 5.11 Å². The first-order chi connectivity index (χ1) is 8.52. The Bertz CT molecular complexity index is 408. The molecule has 0 heterocycles. The lowest BCUT2D eigenvalue weighted by Crippen LogP contribution is -2.52. The summed E-state index contributed by atoms with van der Waals surface area (Å²) in [4.78, 5) is 0. The molecule has 3 N–H and O–H groups in total. The van der Waals surface area contributed by atoms with E-state index in [4.69, 9.17) is 5.73 Å². The summed E-state index contributed by atoms with van der Waals surface area (Å²) in [5.41, 5.74) is 8.42. The Balaban J connectivity index is 3.20. The number of benzene rings is 1. The van der Waals surface area contributed by atoms with Gasteiger partial charge < -0.3 is 10.8 Å². The number of aliphatic hydroxyl groups is 1. The fourth-order valence-corrected chi connectivity index (χ4v) is 2.40. The average molecular weight is 263 g/mol. The van der Waals surface area contributed by atoms with Crippen molar-refractivity contribution in [1.29, 1.82) is 0 Å². The molecular weight excluding hydrogens is 234 g/mol. The normalized spacial score (nSPS) is 16.2. The van der Waals surface area contributed by atoms with Crippen LogP contribution in [-0.4, -0.2) is 17.3 Å². The fourth-order valence-electron chi connectivity index (χ4n) is 2.40. The van der Waals surface area contributed by atoms with Crippen molar-refractivity contribution in [3.63, 3.8) is 0 Å². The number of nitrogens with two attached hydrogens (primary N) is 1. The maximum absolute atomic E-state index is 9.35. The van der Waals surface area contributed by atoms with Gasteiger partial charge in [-0.1, -0.05) is 52.0 Å². The maximum atomic E-state index is 9.35. The van der Waals surface area contributed by atoms with Crippen molar-refractivity contribution >= 4 is 0 Å². The Morgan fingerprint density at radius 1 is 0.895 bits per heavy atom. The SMILES string of the molecule is CC(C)(C)c1ccc(C(C)(CCO)C(C)(C)N)cc1. The summed E-state index contributed by atoms with van der Waals surface area (Å²) in [5.74, 6) is 0. The lowest BCUT2D eigenvalue weighted by atomic mass is 9.66. The van der Waals surface area contributed by atoms with E-state index in [2.05, 4.69) is 52.0 Å².